The molecule has 2 rings (SSSR count). The molecule has 1 aromatic carbocycles. The molecule has 0 aromatic heterocycles. The maximum atomic E-state index is 5.81. The number of rotatable bonds is 3. The number of hydrogen-bond donors (Lipinski definition) is 0. The standard InChI is InChI=1S/C10H11ClO2/c1-7(10-6-12-10)13-9-4-2-3-8(11)5-9/h2-5,7,10H,6H2,1H3/t7-,10+/m1/s1. The van der Waals surface area contributed by atoms with E-state index in [1.54, 1.807) is 6.07 Å². The summed E-state index contributed by atoms with van der Waals surface area (Å²) in [6, 6.07) is 7.40. The Hall–Kier alpha value is -0.730. The number of halogens is 1. The lowest BCUT2D eigenvalue weighted by Crippen LogP contribution is -2.18. The quantitative estimate of drug-likeness (QED) is 0.697. The van der Waals surface area contributed by atoms with Crippen molar-refractivity contribution in [3.63, 3.8) is 0 Å². The Kier molecular flexibility index (Phi) is 2.42. The van der Waals surface area contributed by atoms with Crippen LogP contribution in [-0.2, 0) is 4.74 Å². The van der Waals surface area contributed by atoms with E-state index in [9.17, 15) is 0 Å². The molecule has 0 bridgehead atoms. The summed E-state index contributed by atoms with van der Waals surface area (Å²) in [5.41, 5.74) is 0. The van der Waals surface area contributed by atoms with Crippen LogP contribution in [0.4, 0.5) is 0 Å². The molecule has 1 saturated heterocycles. The average Bonchev–Trinajstić information content (AvgIpc) is 2.85. The zero-order valence-electron chi connectivity index (χ0n) is 7.37. The van der Waals surface area contributed by atoms with Gasteiger partial charge in [-0.05, 0) is 25.1 Å². The van der Waals surface area contributed by atoms with Gasteiger partial charge in [-0.15, -0.1) is 0 Å². The number of epoxide rings is 1. The van der Waals surface area contributed by atoms with E-state index >= 15 is 0 Å². The van der Waals surface area contributed by atoms with Gasteiger partial charge in [0, 0.05) is 5.02 Å². The normalized spacial score (nSPS) is 22.5. The van der Waals surface area contributed by atoms with Gasteiger partial charge in [0.25, 0.3) is 0 Å². The van der Waals surface area contributed by atoms with Gasteiger partial charge in [-0.3, -0.25) is 0 Å². The van der Waals surface area contributed by atoms with E-state index in [0.717, 1.165) is 12.4 Å². The van der Waals surface area contributed by atoms with E-state index in [4.69, 9.17) is 21.1 Å². The molecule has 1 fully saturated rings. The molecule has 2 nitrogen and oxygen atoms in total. The molecule has 1 aromatic rings. The van der Waals surface area contributed by atoms with Gasteiger partial charge in [-0.2, -0.15) is 0 Å². The summed E-state index contributed by atoms with van der Waals surface area (Å²) in [5, 5.41) is 0.696. The van der Waals surface area contributed by atoms with Gasteiger partial charge in [0.1, 0.15) is 18.0 Å². The summed E-state index contributed by atoms with van der Waals surface area (Å²) < 4.78 is 10.7. The molecule has 13 heavy (non-hydrogen) atoms. The van der Waals surface area contributed by atoms with E-state index in [2.05, 4.69) is 0 Å². The molecule has 0 unspecified atom stereocenters. The first-order chi connectivity index (χ1) is 6.25. The van der Waals surface area contributed by atoms with Gasteiger partial charge in [0.2, 0.25) is 0 Å². The van der Waals surface area contributed by atoms with Gasteiger partial charge >= 0.3 is 0 Å². The molecule has 0 amide bonds. The Bertz CT molecular complexity index is 297. The average molecular weight is 199 g/mol. The Balaban J connectivity index is 2.00. The highest BCUT2D eigenvalue weighted by Gasteiger charge is 2.30. The molecular weight excluding hydrogens is 188 g/mol. The van der Waals surface area contributed by atoms with Gasteiger partial charge in [-0.1, -0.05) is 17.7 Å². The Labute approximate surface area is 82.4 Å². The zero-order valence-corrected chi connectivity index (χ0v) is 8.12. The smallest absolute Gasteiger partial charge is 0.124 e. The zero-order chi connectivity index (χ0) is 9.26. The summed E-state index contributed by atoms with van der Waals surface area (Å²) in [7, 11) is 0. The molecule has 1 heterocycles. The minimum atomic E-state index is 0.110. The Morgan fingerprint density at radius 1 is 1.62 bits per heavy atom. The molecular formula is C10H11ClO2. The summed E-state index contributed by atoms with van der Waals surface area (Å²) in [6.07, 6.45) is 0.373. The number of ether oxygens (including phenoxy) is 2. The van der Waals surface area contributed by atoms with E-state index in [1.807, 2.05) is 25.1 Å². The van der Waals surface area contributed by atoms with Crippen LogP contribution in [0, 0.1) is 0 Å². The summed E-state index contributed by atoms with van der Waals surface area (Å²) >= 11 is 5.81. The molecule has 1 aliphatic heterocycles. The fourth-order valence-electron chi connectivity index (χ4n) is 1.16. The minimum absolute atomic E-state index is 0.110. The van der Waals surface area contributed by atoms with Crippen LogP contribution in [0.1, 0.15) is 6.92 Å². The van der Waals surface area contributed by atoms with Crippen molar-refractivity contribution in [2.24, 2.45) is 0 Å². The molecule has 0 aliphatic carbocycles. The molecule has 0 radical (unpaired) electrons. The predicted molar refractivity (Wildman–Crippen MR) is 51.3 cm³/mol. The van der Waals surface area contributed by atoms with Gasteiger partial charge < -0.3 is 9.47 Å². The highest BCUT2D eigenvalue weighted by Crippen LogP contribution is 2.22. The van der Waals surface area contributed by atoms with Crippen molar-refractivity contribution >= 4 is 11.6 Å². The Morgan fingerprint density at radius 3 is 3.00 bits per heavy atom. The fraction of sp³-hybridized carbons (Fsp3) is 0.400. The second-order valence-electron chi connectivity index (χ2n) is 3.15. The fourth-order valence-corrected chi connectivity index (χ4v) is 1.34. The van der Waals surface area contributed by atoms with E-state index in [0.29, 0.717) is 5.02 Å². The Morgan fingerprint density at radius 2 is 2.38 bits per heavy atom. The van der Waals surface area contributed by atoms with Gasteiger partial charge in [0.15, 0.2) is 0 Å². The molecule has 70 valence electrons. The SMILES string of the molecule is C[C@@H](Oc1cccc(Cl)c1)[C@@H]1CO1. The van der Waals surface area contributed by atoms with Crippen molar-refractivity contribution in [3.8, 4) is 5.75 Å². The van der Waals surface area contributed by atoms with Gasteiger partial charge in [0.05, 0.1) is 6.61 Å². The summed E-state index contributed by atoms with van der Waals surface area (Å²) in [4.78, 5) is 0. The van der Waals surface area contributed by atoms with Crippen molar-refractivity contribution in [2.75, 3.05) is 6.61 Å². The predicted octanol–water partition coefficient (Wildman–Crippen LogP) is 2.51. The van der Waals surface area contributed by atoms with Crippen LogP contribution in [0.3, 0.4) is 0 Å². The van der Waals surface area contributed by atoms with E-state index in [-0.39, 0.29) is 12.2 Å². The van der Waals surface area contributed by atoms with Crippen LogP contribution in [0.2, 0.25) is 5.02 Å². The highest BCUT2D eigenvalue weighted by atomic mass is 35.5. The maximum absolute atomic E-state index is 5.81. The maximum Gasteiger partial charge on any atom is 0.124 e. The highest BCUT2D eigenvalue weighted by molar-refractivity contribution is 6.30. The lowest BCUT2D eigenvalue weighted by Gasteiger charge is -2.11. The first-order valence-electron chi connectivity index (χ1n) is 4.29. The van der Waals surface area contributed by atoms with Crippen molar-refractivity contribution in [1.82, 2.24) is 0 Å². The largest absolute Gasteiger partial charge is 0.488 e. The summed E-state index contributed by atoms with van der Waals surface area (Å²) in [6.45, 7) is 2.81. The van der Waals surface area contributed by atoms with Gasteiger partial charge in [-0.25, -0.2) is 0 Å². The van der Waals surface area contributed by atoms with Crippen molar-refractivity contribution in [1.29, 1.82) is 0 Å². The monoisotopic (exact) mass is 198 g/mol. The van der Waals surface area contributed by atoms with Crippen molar-refractivity contribution in [2.45, 2.75) is 19.1 Å². The molecule has 3 heteroatoms. The molecule has 0 spiro atoms. The lowest BCUT2D eigenvalue weighted by molar-refractivity contribution is 0.176. The minimum Gasteiger partial charge on any atom is -0.488 e. The first kappa shape index (κ1) is 8.85. The molecule has 0 N–H and O–H groups in total. The topological polar surface area (TPSA) is 21.8 Å². The second-order valence-corrected chi connectivity index (χ2v) is 3.59. The van der Waals surface area contributed by atoms with E-state index < -0.39 is 0 Å². The van der Waals surface area contributed by atoms with Crippen LogP contribution >= 0.6 is 11.6 Å². The summed E-state index contributed by atoms with van der Waals surface area (Å²) in [5.74, 6) is 0.801. The molecule has 1 aliphatic rings. The molecule has 2 atom stereocenters. The number of hydrogen-bond acceptors (Lipinski definition) is 2. The third-order valence-corrected chi connectivity index (χ3v) is 2.24. The van der Waals surface area contributed by atoms with Crippen LogP contribution < -0.4 is 4.74 Å². The van der Waals surface area contributed by atoms with Crippen LogP contribution in [0.25, 0.3) is 0 Å². The van der Waals surface area contributed by atoms with Crippen molar-refractivity contribution < 1.29 is 9.47 Å². The van der Waals surface area contributed by atoms with Crippen LogP contribution in [-0.4, -0.2) is 18.8 Å². The second kappa shape index (κ2) is 3.56. The lowest BCUT2D eigenvalue weighted by atomic mass is 10.3. The first-order valence-corrected chi connectivity index (χ1v) is 4.67. The van der Waals surface area contributed by atoms with Crippen LogP contribution in [0.5, 0.6) is 5.75 Å². The third-order valence-electron chi connectivity index (χ3n) is 2.00. The third kappa shape index (κ3) is 2.36. The van der Waals surface area contributed by atoms with E-state index in [1.165, 1.54) is 0 Å². The number of benzene rings is 1. The van der Waals surface area contributed by atoms with Crippen LogP contribution in [0.15, 0.2) is 24.3 Å². The molecule has 0 saturated carbocycles. The van der Waals surface area contributed by atoms with Crippen molar-refractivity contribution in [3.05, 3.63) is 29.3 Å².